The van der Waals surface area contributed by atoms with Crippen LogP contribution < -0.4 is 10.0 Å². The molecule has 29 heavy (non-hydrogen) atoms. The Bertz CT molecular complexity index is 864. The predicted octanol–water partition coefficient (Wildman–Crippen LogP) is 4.04. The molecule has 0 spiro atoms. The van der Waals surface area contributed by atoms with Gasteiger partial charge in [0.1, 0.15) is 4.90 Å². The first kappa shape index (κ1) is 21.1. The third-order valence-corrected chi connectivity index (χ3v) is 9.33. The second-order valence-electron chi connectivity index (χ2n) is 10.1. The number of halogens is 1. The van der Waals surface area contributed by atoms with Gasteiger partial charge >= 0.3 is 0 Å². The van der Waals surface area contributed by atoms with Gasteiger partial charge in [0, 0.05) is 18.0 Å². The Kier molecular flexibility index (Phi) is 5.50. The van der Waals surface area contributed by atoms with Crippen molar-refractivity contribution in [2.75, 3.05) is 0 Å². The van der Waals surface area contributed by atoms with Crippen LogP contribution in [0.15, 0.2) is 23.1 Å². The molecule has 1 aromatic rings. The maximum Gasteiger partial charge on any atom is 0.242 e. The lowest BCUT2D eigenvalue weighted by atomic mass is 9.54. The van der Waals surface area contributed by atoms with Gasteiger partial charge in [-0.3, -0.25) is 4.79 Å². The number of benzene rings is 1. The zero-order valence-corrected chi connectivity index (χ0v) is 18.9. The van der Waals surface area contributed by atoms with Gasteiger partial charge in [0.2, 0.25) is 15.9 Å². The zero-order valence-electron chi connectivity index (χ0n) is 17.4. The van der Waals surface area contributed by atoms with E-state index in [1.165, 1.54) is 32.1 Å². The number of amides is 1. The van der Waals surface area contributed by atoms with E-state index in [-0.39, 0.29) is 28.3 Å². The predicted molar refractivity (Wildman–Crippen MR) is 114 cm³/mol. The van der Waals surface area contributed by atoms with Crippen LogP contribution in [0.25, 0.3) is 0 Å². The SMILES string of the molecule is Cc1cccc(Cl)c1S(=O)(=O)NC(C)(C)CC(=O)NC1C2CC3CC(C2)CC1C3. The highest BCUT2D eigenvalue weighted by molar-refractivity contribution is 7.89. The van der Waals surface area contributed by atoms with Crippen LogP contribution >= 0.6 is 11.6 Å². The summed E-state index contributed by atoms with van der Waals surface area (Å²) in [5.41, 5.74) is -0.334. The average molecular weight is 439 g/mol. The molecule has 4 aliphatic rings. The van der Waals surface area contributed by atoms with Crippen LogP contribution in [0.3, 0.4) is 0 Å². The van der Waals surface area contributed by atoms with Crippen LogP contribution in [0.5, 0.6) is 0 Å². The maximum atomic E-state index is 12.9. The molecule has 0 radical (unpaired) electrons. The molecular weight excluding hydrogens is 408 g/mol. The Morgan fingerprint density at radius 3 is 2.24 bits per heavy atom. The number of hydrogen-bond donors (Lipinski definition) is 2. The molecule has 1 aromatic carbocycles. The molecule has 4 aliphatic carbocycles. The first-order chi connectivity index (χ1) is 13.5. The molecule has 0 aliphatic heterocycles. The van der Waals surface area contributed by atoms with Crippen molar-refractivity contribution >= 4 is 27.5 Å². The standard InChI is InChI=1S/C22H31ClN2O3S/c1-13-5-4-6-18(23)21(13)29(27,28)25-22(2,3)12-19(26)24-20-16-8-14-7-15(10-16)11-17(20)9-14/h4-6,14-17,20,25H,7-12H2,1-3H3,(H,24,26). The van der Waals surface area contributed by atoms with E-state index in [1.54, 1.807) is 39.0 Å². The second-order valence-corrected chi connectivity index (χ2v) is 12.1. The summed E-state index contributed by atoms with van der Waals surface area (Å²) in [5, 5.41) is 3.45. The minimum atomic E-state index is -3.84. The fourth-order valence-electron chi connectivity index (χ4n) is 6.21. The summed E-state index contributed by atoms with van der Waals surface area (Å²) in [4.78, 5) is 12.9. The van der Waals surface area contributed by atoms with Crippen LogP contribution in [0.1, 0.15) is 57.9 Å². The number of hydrogen-bond acceptors (Lipinski definition) is 3. The van der Waals surface area contributed by atoms with Crippen LogP contribution in [0.2, 0.25) is 5.02 Å². The van der Waals surface area contributed by atoms with Crippen LogP contribution in [-0.2, 0) is 14.8 Å². The van der Waals surface area contributed by atoms with Crippen molar-refractivity contribution in [2.24, 2.45) is 23.7 Å². The van der Waals surface area contributed by atoms with Gasteiger partial charge in [0.25, 0.3) is 0 Å². The molecule has 5 nitrogen and oxygen atoms in total. The van der Waals surface area contributed by atoms with E-state index in [2.05, 4.69) is 10.0 Å². The van der Waals surface area contributed by atoms with Gasteiger partial charge in [-0.05, 0) is 88.2 Å². The Morgan fingerprint density at radius 1 is 1.10 bits per heavy atom. The molecule has 0 saturated heterocycles. The first-order valence-electron chi connectivity index (χ1n) is 10.6. The van der Waals surface area contributed by atoms with E-state index in [1.807, 2.05) is 0 Å². The highest BCUT2D eigenvalue weighted by atomic mass is 35.5. The molecule has 2 N–H and O–H groups in total. The Hall–Kier alpha value is -1.11. The molecule has 4 fully saturated rings. The van der Waals surface area contributed by atoms with Gasteiger partial charge in [-0.2, -0.15) is 0 Å². The van der Waals surface area contributed by atoms with Crippen molar-refractivity contribution in [3.05, 3.63) is 28.8 Å². The Balaban J connectivity index is 1.41. The monoisotopic (exact) mass is 438 g/mol. The molecular formula is C22H31ClN2O3S. The molecule has 0 aromatic heterocycles. The summed E-state index contributed by atoms with van der Waals surface area (Å²) in [6.45, 7) is 5.20. The number of carbonyl (C=O) groups excluding carboxylic acids is 1. The minimum absolute atomic E-state index is 0.0777. The summed E-state index contributed by atoms with van der Waals surface area (Å²) in [6.07, 6.45) is 6.42. The van der Waals surface area contributed by atoms with Crippen LogP contribution in [0, 0.1) is 30.6 Å². The lowest BCUT2D eigenvalue weighted by Gasteiger charge is -2.54. The van der Waals surface area contributed by atoms with E-state index in [0.717, 1.165) is 11.8 Å². The molecule has 0 atom stereocenters. The minimum Gasteiger partial charge on any atom is -0.353 e. The van der Waals surface area contributed by atoms with Crippen molar-refractivity contribution < 1.29 is 13.2 Å². The zero-order chi connectivity index (χ0) is 21.0. The number of aryl methyl sites for hydroxylation is 1. The van der Waals surface area contributed by atoms with Gasteiger partial charge in [-0.15, -0.1) is 0 Å². The summed E-state index contributed by atoms with van der Waals surface area (Å²) >= 11 is 6.15. The van der Waals surface area contributed by atoms with Crippen molar-refractivity contribution in [1.82, 2.24) is 10.0 Å². The van der Waals surface area contributed by atoms with Crippen molar-refractivity contribution in [3.8, 4) is 0 Å². The van der Waals surface area contributed by atoms with Gasteiger partial charge in [0.15, 0.2) is 0 Å². The summed E-state index contributed by atoms with van der Waals surface area (Å²) in [6, 6.07) is 5.26. The van der Waals surface area contributed by atoms with Gasteiger partial charge in [-0.25, -0.2) is 13.1 Å². The van der Waals surface area contributed by atoms with E-state index in [0.29, 0.717) is 17.4 Å². The van der Waals surface area contributed by atoms with E-state index >= 15 is 0 Å². The number of carbonyl (C=O) groups is 1. The highest BCUT2D eigenvalue weighted by Gasteiger charge is 2.48. The summed E-state index contributed by atoms with van der Waals surface area (Å²) < 4.78 is 28.6. The first-order valence-corrected chi connectivity index (χ1v) is 12.5. The number of sulfonamides is 1. The fraction of sp³-hybridized carbons (Fsp3) is 0.682. The summed E-state index contributed by atoms with van der Waals surface area (Å²) in [5.74, 6) is 2.83. The van der Waals surface area contributed by atoms with E-state index in [9.17, 15) is 13.2 Å². The topological polar surface area (TPSA) is 75.3 Å². The van der Waals surface area contributed by atoms with Crippen LogP contribution in [-0.4, -0.2) is 25.9 Å². The smallest absolute Gasteiger partial charge is 0.242 e. The molecule has 4 saturated carbocycles. The lowest BCUT2D eigenvalue weighted by molar-refractivity contribution is -0.126. The molecule has 0 heterocycles. The molecule has 5 rings (SSSR count). The third-order valence-electron chi connectivity index (χ3n) is 7.00. The van der Waals surface area contributed by atoms with Gasteiger partial charge in [-0.1, -0.05) is 23.7 Å². The highest BCUT2D eigenvalue weighted by Crippen LogP contribution is 2.53. The normalized spacial score (nSPS) is 31.1. The lowest BCUT2D eigenvalue weighted by Crippen LogP contribution is -2.57. The third kappa shape index (κ3) is 4.35. The maximum absolute atomic E-state index is 12.9. The average Bonchev–Trinajstić information content (AvgIpc) is 2.55. The quantitative estimate of drug-likeness (QED) is 0.703. The second kappa shape index (κ2) is 7.54. The van der Waals surface area contributed by atoms with Crippen molar-refractivity contribution in [1.29, 1.82) is 0 Å². The molecule has 7 heteroatoms. The molecule has 4 bridgehead atoms. The summed E-state index contributed by atoms with van der Waals surface area (Å²) in [7, 11) is -3.84. The van der Waals surface area contributed by atoms with Crippen molar-refractivity contribution in [3.63, 3.8) is 0 Å². The van der Waals surface area contributed by atoms with E-state index < -0.39 is 15.6 Å². The van der Waals surface area contributed by atoms with Crippen LogP contribution in [0.4, 0.5) is 0 Å². The Labute approximate surface area is 179 Å². The van der Waals surface area contributed by atoms with E-state index in [4.69, 9.17) is 11.6 Å². The Morgan fingerprint density at radius 2 is 1.69 bits per heavy atom. The molecule has 1 amide bonds. The van der Waals surface area contributed by atoms with Gasteiger partial charge in [0.05, 0.1) is 5.02 Å². The molecule has 0 unspecified atom stereocenters. The van der Waals surface area contributed by atoms with Gasteiger partial charge < -0.3 is 5.32 Å². The fourth-order valence-corrected chi connectivity index (χ4v) is 8.45. The number of nitrogens with one attached hydrogen (secondary N) is 2. The molecule has 160 valence electrons. The number of rotatable bonds is 6. The van der Waals surface area contributed by atoms with Crippen molar-refractivity contribution in [2.45, 2.75) is 75.8 Å². The largest absolute Gasteiger partial charge is 0.353 e.